The van der Waals surface area contributed by atoms with E-state index in [1.54, 1.807) is 0 Å². The number of ether oxygens (including phenoxy) is 1. The molecule has 0 radical (unpaired) electrons. The van der Waals surface area contributed by atoms with Crippen LogP contribution in [0.5, 0.6) is 0 Å². The molecule has 2 aromatic carbocycles. The number of benzene rings is 2. The highest BCUT2D eigenvalue weighted by molar-refractivity contribution is 5.83. The molecule has 1 N–H and O–H groups in total. The molecule has 24 heavy (non-hydrogen) atoms. The third-order valence-electron chi connectivity index (χ3n) is 4.07. The molecule has 1 amide bonds. The smallest absolute Gasteiger partial charge is 0.227 e. The van der Waals surface area contributed by atoms with Crippen molar-refractivity contribution in [2.45, 2.75) is 32.1 Å². The van der Waals surface area contributed by atoms with Gasteiger partial charge in [-0.15, -0.1) is 0 Å². The summed E-state index contributed by atoms with van der Waals surface area (Å²) in [5, 5.41) is 3.02. The molecule has 0 fully saturated rings. The molecule has 1 atom stereocenters. The Labute approximate surface area is 145 Å². The van der Waals surface area contributed by atoms with E-state index in [0.29, 0.717) is 13.2 Å². The SMILES string of the molecule is CCC(C(=O)NCCCOCCc1ccccc1)c1ccccc1. The second-order valence-electron chi connectivity index (χ2n) is 5.86. The van der Waals surface area contributed by atoms with Gasteiger partial charge in [-0.25, -0.2) is 0 Å². The molecule has 0 aliphatic heterocycles. The first-order valence-corrected chi connectivity index (χ1v) is 8.75. The molecule has 3 heteroatoms. The zero-order valence-corrected chi connectivity index (χ0v) is 14.4. The summed E-state index contributed by atoms with van der Waals surface area (Å²) >= 11 is 0. The Bertz CT molecular complexity index is 583. The molecule has 128 valence electrons. The van der Waals surface area contributed by atoms with E-state index in [2.05, 4.69) is 17.4 Å². The Hall–Kier alpha value is -2.13. The van der Waals surface area contributed by atoms with Gasteiger partial charge in [-0.05, 0) is 30.4 Å². The molecule has 0 aromatic heterocycles. The molecule has 0 heterocycles. The minimum atomic E-state index is -0.0646. The molecule has 0 aliphatic rings. The van der Waals surface area contributed by atoms with Gasteiger partial charge in [0.25, 0.3) is 0 Å². The molecule has 1 unspecified atom stereocenters. The molecule has 0 bridgehead atoms. The van der Waals surface area contributed by atoms with Gasteiger partial charge in [-0.3, -0.25) is 4.79 Å². The lowest BCUT2D eigenvalue weighted by Crippen LogP contribution is -2.30. The van der Waals surface area contributed by atoms with Crippen molar-refractivity contribution < 1.29 is 9.53 Å². The summed E-state index contributed by atoms with van der Waals surface area (Å²) in [6, 6.07) is 20.3. The first-order valence-electron chi connectivity index (χ1n) is 8.75. The van der Waals surface area contributed by atoms with Crippen LogP contribution in [0.15, 0.2) is 60.7 Å². The Morgan fingerprint density at radius 1 is 1.00 bits per heavy atom. The zero-order chi connectivity index (χ0) is 17.0. The number of hydrogen-bond acceptors (Lipinski definition) is 2. The topological polar surface area (TPSA) is 38.3 Å². The summed E-state index contributed by atoms with van der Waals surface area (Å²) < 4.78 is 5.64. The highest BCUT2D eigenvalue weighted by Crippen LogP contribution is 2.19. The lowest BCUT2D eigenvalue weighted by Gasteiger charge is -2.15. The van der Waals surface area contributed by atoms with Crippen molar-refractivity contribution in [3.05, 3.63) is 71.8 Å². The number of rotatable bonds is 10. The van der Waals surface area contributed by atoms with Gasteiger partial charge in [0.05, 0.1) is 12.5 Å². The minimum absolute atomic E-state index is 0.0646. The molecule has 0 saturated heterocycles. The van der Waals surface area contributed by atoms with Crippen molar-refractivity contribution in [2.24, 2.45) is 0 Å². The summed E-state index contributed by atoms with van der Waals surface area (Å²) in [6.07, 6.45) is 2.58. The maximum atomic E-state index is 12.3. The van der Waals surface area contributed by atoms with Crippen LogP contribution in [0.1, 0.15) is 36.8 Å². The van der Waals surface area contributed by atoms with E-state index < -0.39 is 0 Å². The standard InChI is InChI=1S/C21H27NO2/c1-2-20(19-12-7-4-8-13-19)21(23)22-15-9-16-24-17-14-18-10-5-3-6-11-18/h3-8,10-13,20H,2,9,14-17H2,1H3,(H,22,23). The summed E-state index contributed by atoms with van der Waals surface area (Å²) in [5.74, 6) is 0.0400. The van der Waals surface area contributed by atoms with E-state index in [0.717, 1.165) is 31.4 Å². The Kier molecular flexibility index (Phi) is 8.05. The van der Waals surface area contributed by atoms with Crippen LogP contribution in [0.3, 0.4) is 0 Å². The van der Waals surface area contributed by atoms with Crippen molar-refractivity contribution in [2.75, 3.05) is 19.8 Å². The van der Waals surface area contributed by atoms with Gasteiger partial charge in [-0.2, -0.15) is 0 Å². The Morgan fingerprint density at radius 2 is 1.67 bits per heavy atom. The van der Waals surface area contributed by atoms with Crippen LogP contribution in [0.4, 0.5) is 0 Å². The van der Waals surface area contributed by atoms with E-state index in [-0.39, 0.29) is 11.8 Å². The molecule has 0 saturated carbocycles. The third kappa shape index (κ3) is 6.17. The highest BCUT2D eigenvalue weighted by atomic mass is 16.5. The lowest BCUT2D eigenvalue weighted by molar-refractivity contribution is -0.122. The molecule has 2 aromatic rings. The van der Waals surface area contributed by atoms with E-state index in [9.17, 15) is 4.79 Å². The maximum absolute atomic E-state index is 12.3. The van der Waals surface area contributed by atoms with Gasteiger partial charge in [0.15, 0.2) is 0 Å². The van der Waals surface area contributed by atoms with Gasteiger partial charge < -0.3 is 10.1 Å². The molecular weight excluding hydrogens is 298 g/mol. The summed E-state index contributed by atoms with van der Waals surface area (Å²) in [7, 11) is 0. The molecule has 0 spiro atoms. The van der Waals surface area contributed by atoms with Crippen LogP contribution in [0, 0.1) is 0 Å². The average Bonchev–Trinajstić information content (AvgIpc) is 2.63. The van der Waals surface area contributed by atoms with Gasteiger partial charge in [0.1, 0.15) is 0 Å². The van der Waals surface area contributed by atoms with E-state index >= 15 is 0 Å². The van der Waals surface area contributed by atoms with Crippen molar-refractivity contribution in [3.63, 3.8) is 0 Å². The first kappa shape index (κ1) is 18.2. The number of carbonyl (C=O) groups excluding carboxylic acids is 1. The maximum Gasteiger partial charge on any atom is 0.227 e. The second kappa shape index (κ2) is 10.6. The zero-order valence-electron chi connectivity index (χ0n) is 14.4. The predicted molar refractivity (Wildman–Crippen MR) is 98.1 cm³/mol. The van der Waals surface area contributed by atoms with Crippen LogP contribution >= 0.6 is 0 Å². The van der Waals surface area contributed by atoms with Gasteiger partial charge in [-0.1, -0.05) is 67.6 Å². The quantitative estimate of drug-likeness (QED) is 0.672. The lowest BCUT2D eigenvalue weighted by atomic mass is 9.96. The van der Waals surface area contributed by atoms with Crippen LogP contribution < -0.4 is 5.32 Å². The van der Waals surface area contributed by atoms with Gasteiger partial charge >= 0.3 is 0 Å². The molecule has 0 aliphatic carbocycles. The van der Waals surface area contributed by atoms with Gasteiger partial charge in [0.2, 0.25) is 5.91 Å². The van der Waals surface area contributed by atoms with Crippen molar-refractivity contribution >= 4 is 5.91 Å². The monoisotopic (exact) mass is 325 g/mol. The van der Waals surface area contributed by atoms with Crippen LogP contribution in [-0.2, 0) is 16.0 Å². The Balaban J connectivity index is 1.59. The average molecular weight is 325 g/mol. The minimum Gasteiger partial charge on any atom is -0.381 e. The Morgan fingerprint density at radius 3 is 2.33 bits per heavy atom. The number of nitrogens with one attached hydrogen (secondary N) is 1. The van der Waals surface area contributed by atoms with Crippen LogP contribution in [0.25, 0.3) is 0 Å². The number of hydrogen-bond donors (Lipinski definition) is 1. The highest BCUT2D eigenvalue weighted by Gasteiger charge is 2.17. The summed E-state index contributed by atoms with van der Waals surface area (Å²) in [5.41, 5.74) is 2.37. The fourth-order valence-corrected chi connectivity index (χ4v) is 2.70. The van der Waals surface area contributed by atoms with E-state index in [1.807, 2.05) is 55.5 Å². The third-order valence-corrected chi connectivity index (χ3v) is 4.07. The summed E-state index contributed by atoms with van der Waals surface area (Å²) in [4.78, 5) is 12.3. The fourth-order valence-electron chi connectivity index (χ4n) is 2.70. The number of carbonyl (C=O) groups is 1. The fraction of sp³-hybridized carbons (Fsp3) is 0.381. The van der Waals surface area contributed by atoms with Crippen molar-refractivity contribution in [1.29, 1.82) is 0 Å². The predicted octanol–water partition coefficient (Wildman–Crippen LogP) is 3.95. The largest absolute Gasteiger partial charge is 0.381 e. The first-order chi connectivity index (χ1) is 11.8. The normalized spacial score (nSPS) is 11.9. The van der Waals surface area contributed by atoms with Gasteiger partial charge in [0, 0.05) is 13.2 Å². The summed E-state index contributed by atoms with van der Waals surface area (Å²) in [6.45, 7) is 4.10. The van der Waals surface area contributed by atoms with Crippen molar-refractivity contribution in [3.8, 4) is 0 Å². The van der Waals surface area contributed by atoms with Crippen LogP contribution in [0.2, 0.25) is 0 Å². The van der Waals surface area contributed by atoms with Crippen LogP contribution in [-0.4, -0.2) is 25.7 Å². The molecular formula is C21H27NO2. The molecule has 3 nitrogen and oxygen atoms in total. The number of amides is 1. The second-order valence-corrected chi connectivity index (χ2v) is 5.86. The van der Waals surface area contributed by atoms with E-state index in [1.165, 1.54) is 5.56 Å². The van der Waals surface area contributed by atoms with Crippen molar-refractivity contribution in [1.82, 2.24) is 5.32 Å². The molecule has 2 rings (SSSR count). The van der Waals surface area contributed by atoms with E-state index in [4.69, 9.17) is 4.74 Å².